The van der Waals surface area contributed by atoms with E-state index in [1.807, 2.05) is 12.1 Å². The van der Waals surface area contributed by atoms with Crippen molar-refractivity contribution < 1.29 is 10.2 Å². The Morgan fingerprint density at radius 2 is 0.750 bits per heavy atom. The lowest BCUT2D eigenvalue weighted by Crippen LogP contribution is -2.49. The molecule has 150 valence electrons. The number of phenols is 2. The maximum Gasteiger partial charge on any atom is 0.119 e. The third-order valence-corrected chi connectivity index (χ3v) is 10.3. The summed E-state index contributed by atoms with van der Waals surface area (Å²) >= 11 is 0. The standard InChI is InChI=1S/C26H34O2/c27-23-8-22(26-12-18-4-19(13-26)6-20(5-18)14-26)24(28)7-21(23)25-9-15-1-16(10-25)3-17(2-15)11-25/h7-8,15-20,27-28H,1-6,9-14H2. The number of hydrogen-bond acceptors (Lipinski definition) is 2. The van der Waals surface area contributed by atoms with Crippen LogP contribution in [-0.2, 0) is 10.8 Å². The summed E-state index contributed by atoms with van der Waals surface area (Å²) in [4.78, 5) is 0. The van der Waals surface area contributed by atoms with Crippen molar-refractivity contribution in [3.63, 3.8) is 0 Å². The van der Waals surface area contributed by atoms with Crippen LogP contribution >= 0.6 is 0 Å². The summed E-state index contributed by atoms with van der Waals surface area (Å²) in [6, 6.07) is 4.08. The molecule has 28 heavy (non-hydrogen) atoms. The van der Waals surface area contributed by atoms with Gasteiger partial charge in [0.25, 0.3) is 0 Å². The molecular formula is C26H34O2. The van der Waals surface area contributed by atoms with E-state index < -0.39 is 0 Å². The minimum absolute atomic E-state index is 0.149. The summed E-state index contributed by atoms with van der Waals surface area (Å²) in [5.74, 6) is 6.15. The van der Waals surface area contributed by atoms with Crippen LogP contribution in [0.5, 0.6) is 11.5 Å². The van der Waals surface area contributed by atoms with Gasteiger partial charge in [-0.1, -0.05) is 0 Å². The molecule has 0 amide bonds. The Hall–Kier alpha value is -1.18. The van der Waals surface area contributed by atoms with Gasteiger partial charge in [-0.05, 0) is 136 Å². The molecule has 2 heteroatoms. The predicted octanol–water partition coefficient (Wildman–Crippen LogP) is 6.03. The molecule has 8 aliphatic rings. The summed E-state index contributed by atoms with van der Waals surface area (Å²) in [5, 5.41) is 22.5. The van der Waals surface area contributed by atoms with Crippen molar-refractivity contribution >= 4 is 0 Å². The number of rotatable bonds is 2. The summed E-state index contributed by atoms with van der Waals surface area (Å²) in [7, 11) is 0. The molecule has 0 unspecified atom stereocenters. The average molecular weight is 379 g/mol. The molecule has 0 aromatic heterocycles. The minimum Gasteiger partial charge on any atom is -0.508 e. The molecule has 0 radical (unpaired) electrons. The maximum atomic E-state index is 11.3. The van der Waals surface area contributed by atoms with Crippen molar-refractivity contribution in [2.24, 2.45) is 35.5 Å². The molecule has 8 saturated carbocycles. The second kappa shape index (κ2) is 5.29. The second-order valence-electron chi connectivity index (χ2n) is 12.3. The molecular weight excluding hydrogens is 344 g/mol. The Morgan fingerprint density at radius 1 is 0.500 bits per heavy atom. The summed E-state index contributed by atoms with van der Waals surface area (Å²) < 4.78 is 0. The lowest BCUT2D eigenvalue weighted by Gasteiger charge is -2.58. The zero-order chi connectivity index (χ0) is 18.7. The summed E-state index contributed by atoms with van der Waals surface area (Å²) in [6.07, 6.45) is 15.9. The molecule has 9 rings (SSSR count). The van der Waals surface area contributed by atoms with E-state index in [0.29, 0.717) is 11.5 Å². The first-order valence-corrected chi connectivity index (χ1v) is 12.1. The van der Waals surface area contributed by atoms with Crippen molar-refractivity contribution in [2.75, 3.05) is 0 Å². The lowest BCUT2D eigenvalue weighted by molar-refractivity contribution is -0.00850. The highest BCUT2D eigenvalue weighted by molar-refractivity contribution is 5.53. The third-order valence-electron chi connectivity index (χ3n) is 10.3. The molecule has 8 aliphatic carbocycles. The van der Waals surface area contributed by atoms with Crippen LogP contribution in [0.1, 0.15) is 88.2 Å². The largest absolute Gasteiger partial charge is 0.508 e. The average Bonchev–Trinajstić information content (AvgIpc) is 2.61. The normalized spacial score (nSPS) is 50.4. The van der Waals surface area contributed by atoms with Gasteiger partial charge in [-0.2, -0.15) is 0 Å². The third kappa shape index (κ3) is 2.16. The fourth-order valence-electron chi connectivity index (χ4n) is 10.3. The van der Waals surface area contributed by atoms with Gasteiger partial charge in [0, 0.05) is 11.1 Å². The Labute approximate surface area is 168 Å². The van der Waals surface area contributed by atoms with E-state index in [1.54, 1.807) is 0 Å². The number of aromatic hydroxyl groups is 2. The zero-order valence-electron chi connectivity index (χ0n) is 17.0. The van der Waals surface area contributed by atoms with Gasteiger partial charge in [0.2, 0.25) is 0 Å². The highest BCUT2D eigenvalue weighted by atomic mass is 16.3. The molecule has 8 fully saturated rings. The molecule has 2 N–H and O–H groups in total. The Kier molecular flexibility index (Phi) is 3.14. The van der Waals surface area contributed by atoms with Crippen molar-refractivity contribution in [1.29, 1.82) is 0 Å². The lowest BCUT2D eigenvalue weighted by atomic mass is 9.47. The highest BCUT2D eigenvalue weighted by Crippen LogP contribution is 2.65. The van der Waals surface area contributed by atoms with Crippen LogP contribution in [0, 0.1) is 35.5 Å². The van der Waals surface area contributed by atoms with Gasteiger partial charge in [-0.15, -0.1) is 0 Å². The van der Waals surface area contributed by atoms with Gasteiger partial charge < -0.3 is 10.2 Å². The van der Waals surface area contributed by atoms with Crippen molar-refractivity contribution in [3.05, 3.63) is 23.3 Å². The van der Waals surface area contributed by atoms with E-state index in [-0.39, 0.29) is 10.8 Å². The molecule has 0 spiro atoms. The number of hydrogen-bond donors (Lipinski definition) is 2. The molecule has 0 saturated heterocycles. The minimum atomic E-state index is 0.149. The SMILES string of the molecule is Oc1cc(C23CC4CC(CC(C4)C2)C3)c(O)cc1C12CC3CC(CC(C3)C1)C2. The molecule has 0 atom stereocenters. The maximum absolute atomic E-state index is 11.3. The van der Waals surface area contributed by atoms with E-state index in [9.17, 15) is 10.2 Å². The summed E-state index contributed by atoms with van der Waals surface area (Å²) in [5.41, 5.74) is 2.49. The molecule has 1 aromatic rings. The van der Waals surface area contributed by atoms with E-state index in [4.69, 9.17) is 0 Å². The van der Waals surface area contributed by atoms with Crippen LogP contribution in [0.3, 0.4) is 0 Å². The second-order valence-corrected chi connectivity index (χ2v) is 12.3. The van der Waals surface area contributed by atoms with Crippen LogP contribution in [0.2, 0.25) is 0 Å². The van der Waals surface area contributed by atoms with Crippen LogP contribution < -0.4 is 0 Å². The first-order chi connectivity index (χ1) is 13.5. The van der Waals surface area contributed by atoms with Crippen LogP contribution in [0.15, 0.2) is 12.1 Å². The quantitative estimate of drug-likeness (QED) is 0.617. The van der Waals surface area contributed by atoms with Crippen molar-refractivity contribution in [1.82, 2.24) is 0 Å². The number of phenolic OH excluding ortho intramolecular Hbond substituents is 2. The summed E-state index contributed by atoms with van der Waals surface area (Å²) in [6.45, 7) is 0. The van der Waals surface area contributed by atoms with E-state index in [1.165, 1.54) is 77.0 Å². The fourth-order valence-corrected chi connectivity index (χ4v) is 10.3. The van der Waals surface area contributed by atoms with Gasteiger partial charge in [0.15, 0.2) is 0 Å². The Morgan fingerprint density at radius 3 is 1.00 bits per heavy atom. The molecule has 2 nitrogen and oxygen atoms in total. The Balaban J connectivity index is 1.30. The van der Waals surface area contributed by atoms with E-state index in [2.05, 4.69) is 0 Å². The van der Waals surface area contributed by atoms with E-state index in [0.717, 1.165) is 46.6 Å². The molecule has 8 bridgehead atoms. The van der Waals surface area contributed by atoms with Crippen LogP contribution in [-0.4, -0.2) is 10.2 Å². The first kappa shape index (κ1) is 16.6. The highest BCUT2D eigenvalue weighted by Gasteiger charge is 2.55. The monoisotopic (exact) mass is 378 g/mol. The molecule has 1 aromatic carbocycles. The number of benzene rings is 1. The smallest absolute Gasteiger partial charge is 0.119 e. The van der Waals surface area contributed by atoms with Gasteiger partial charge in [-0.25, -0.2) is 0 Å². The van der Waals surface area contributed by atoms with Gasteiger partial charge in [0.05, 0.1) is 0 Å². The molecule has 0 heterocycles. The fraction of sp³-hybridized carbons (Fsp3) is 0.769. The van der Waals surface area contributed by atoms with E-state index >= 15 is 0 Å². The Bertz CT molecular complexity index is 697. The van der Waals surface area contributed by atoms with Gasteiger partial charge >= 0.3 is 0 Å². The molecule has 0 aliphatic heterocycles. The predicted molar refractivity (Wildman–Crippen MR) is 109 cm³/mol. The van der Waals surface area contributed by atoms with Crippen molar-refractivity contribution in [3.8, 4) is 11.5 Å². The zero-order valence-corrected chi connectivity index (χ0v) is 17.0. The van der Waals surface area contributed by atoms with Gasteiger partial charge in [-0.3, -0.25) is 0 Å². The first-order valence-electron chi connectivity index (χ1n) is 12.1. The van der Waals surface area contributed by atoms with Gasteiger partial charge in [0.1, 0.15) is 11.5 Å². The van der Waals surface area contributed by atoms with Crippen LogP contribution in [0.25, 0.3) is 0 Å². The van der Waals surface area contributed by atoms with Crippen LogP contribution in [0.4, 0.5) is 0 Å². The topological polar surface area (TPSA) is 40.5 Å². The van der Waals surface area contributed by atoms with Crippen molar-refractivity contribution in [2.45, 2.75) is 87.9 Å².